The fraction of sp³-hybridized carbons (Fsp3) is 0.600. The number of likely N-dealkylation sites (N-methyl/N-ethyl adjacent to an activating group) is 1. The Kier molecular flexibility index (Phi) is 11.7. The number of likely N-dealkylation sites (tertiary alicyclic amines) is 1. The highest BCUT2D eigenvalue weighted by Gasteiger charge is 2.38. The van der Waals surface area contributed by atoms with Gasteiger partial charge in [-0.1, -0.05) is 6.92 Å². The standard InChI is InChI=1S/C23H35F2N5O3S.C2HF3O2/c1-6-17(31)15-29(4)34(32,33)18-12-19(24)23(20(25)13-18)28(3)14-16-8-7-11-27(2)22(16)21-9-10-26-30(21)5;3-2(4,5)1(6)7/h9-10,12-13,16-17,22,31H,6-8,11,14-15H2,1-5H3;(H,6,7)/t16-,17+,22+;/m0./s1. The Hall–Kier alpha value is -2.82. The Bertz CT molecular complexity index is 1270. The van der Waals surface area contributed by atoms with Crippen LogP contribution in [0.3, 0.4) is 0 Å². The molecule has 41 heavy (non-hydrogen) atoms. The maximum atomic E-state index is 15.1. The van der Waals surface area contributed by atoms with Gasteiger partial charge in [0.1, 0.15) is 5.69 Å². The quantitative estimate of drug-likeness (QED) is 0.414. The van der Waals surface area contributed by atoms with E-state index in [9.17, 15) is 26.7 Å². The summed E-state index contributed by atoms with van der Waals surface area (Å²) in [5, 5.41) is 21.2. The van der Waals surface area contributed by atoms with Crippen molar-refractivity contribution in [2.75, 3.05) is 45.7 Å². The third-order valence-corrected chi connectivity index (χ3v) is 8.74. The van der Waals surface area contributed by atoms with Crippen LogP contribution in [0.25, 0.3) is 0 Å². The summed E-state index contributed by atoms with van der Waals surface area (Å²) in [6.07, 6.45) is -1.97. The number of hydrogen-bond acceptors (Lipinski definition) is 7. The minimum atomic E-state index is -5.08. The minimum Gasteiger partial charge on any atom is -0.475 e. The van der Waals surface area contributed by atoms with Crippen LogP contribution >= 0.6 is 0 Å². The molecule has 0 saturated carbocycles. The SMILES string of the molecule is CC[C@@H](O)CN(C)S(=O)(=O)c1cc(F)c(N(C)C[C@@H]2CCCN(C)[C@H]2c2ccnn2C)c(F)c1.O=C(O)C(F)(F)F. The molecule has 0 unspecified atom stereocenters. The highest BCUT2D eigenvalue weighted by Crippen LogP contribution is 2.37. The van der Waals surface area contributed by atoms with E-state index in [2.05, 4.69) is 10.00 Å². The van der Waals surface area contributed by atoms with Crippen molar-refractivity contribution in [1.82, 2.24) is 19.0 Å². The van der Waals surface area contributed by atoms with Gasteiger partial charge in [-0.15, -0.1) is 0 Å². The molecule has 0 amide bonds. The molecule has 0 spiro atoms. The van der Waals surface area contributed by atoms with Gasteiger partial charge in [0.15, 0.2) is 11.6 Å². The third-order valence-electron chi connectivity index (χ3n) is 6.94. The second kappa shape index (κ2) is 13.9. The summed E-state index contributed by atoms with van der Waals surface area (Å²) >= 11 is 0. The van der Waals surface area contributed by atoms with E-state index in [4.69, 9.17) is 9.90 Å². The van der Waals surface area contributed by atoms with E-state index in [1.165, 1.54) is 11.9 Å². The van der Waals surface area contributed by atoms with Gasteiger partial charge in [-0.05, 0) is 57.0 Å². The lowest BCUT2D eigenvalue weighted by molar-refractivity contribution is -0.192. The Morgan fingerprint density at radius 3 is 2.22 bits per heavy atom. The Balaban J connectivity index is 0.000000745. The van der Waals surface area contributed by atoms with Crippen molar-refractivity contribution in [3.8, 4) is 0 Å². The molecule has 1 aromatic carbocycles. The third kappa shape index (κ3) is 8.59. The van der Waals surface area contributed by atoms with Crippen LogP contribution in [0.1, 0.15) is 37.9 Å². The smallest absolute Gasteiger partial charge is 0.475 e. The lowest BCUT2D eigenvalue weighted by atomic mass is 9.86. The second-order valence-corrected chi connectivity index (χ2v) is 12.0. The normalized spacial score (nSPS) is 19.0. The number of nitrogens with zero attached hydrogens (tertiary/aromatic N) is 5. The van der Waals surface area contributed by atoms with Crippen LogP contribution in [-0.4, -0.2) is 96.6 Å². The maximum Gasteiger partial charge on any atom is 0.490 e. The zero-order valence-corrected chi connectivity index (χ0v) is 24.3. The molecule has 1 aromatic heterocycles. The number of carboxylic acid groups (broad SMARTS) is 1. The van der Waals surface area contributed by atoms with Crippen molar-refractivity contribution < 1.29 is 45.4 Å². The molecule has 3 atom stereocenters. The van der Waals surface area contributed by atoms with E-state index in [0.29, 0.717) is 13.0 Å². The highest BCUT2D eigenvalue weighted by atomic mass is 32.2. The largest absolute Gasteiger partial charge is 0.490 e. The summed E-state index contributed by atoms with van der Waals surface area (Å²) in [5.41, 5.74) is 0.785. The molecule has 1 aliphatic heterocycles. The van der Waals surface area contributed by atoms with Gasteiger partial charge >= 0.3 is 12.1 Å². The number of benzene rings is 1. The summed E-state index contributed by atoms with van der Waals surface area (Å²) in [6, 6.07) is 3.72. The number of aliphatic hydroxyl groups excluding tert-OH is 1. The number of aliphatic carboxylic acids is 1. The fourth-order valence-electron chi connectivity index (χ4n) is 4.80. The molecule has 1 saturated heterocycles. The number of hydrogen-bond donors (Lipinski definition) is 2. The van der Waals surface area contributed by atoms with Crippen LogP contribution in [-0.2, 0) is 21.9 Å². The topological polar surface area (TPSA) is 119 Å². The van der Waals surface area contributed by atoms with Crippen molar-refractivity contribution in [1.29, 1.82) is 0 Å². The van der Waals surface area contributed by atoms with E-state index in [1.54, 1.807) is 20.2 Å². The predicted molar refractivity (Wildman–Crippen MR) is 141 cm³/mol. The number of rotatable bonds is 9. The minimum absolute atomic E-state index is 0.0492. The highest BCUT2D eigenvalue weighted by molar-refractivity contribution is 7.89. The molecule has 2 N–H and O–H groups in total. The first-order chi connectivity index (χ1) is 18.9. The van der Waals surface area contributed by atoms with Crippen LogP contribution in [0.2, 0.25) is 0 Å². The Morgan fingerprint density at radius 2 is 1.76 bits per heavy atom. The second-order valence-electron chi connectivity index (χ2n) is 9.97. The molecule has 3 rings (SSSR count). The summed E-state index contributed by atoms with van der Waals surface area (Å²) in [6.45, 7) is 2.88. The molecule has 0 bridgehead atoms. The lowest BCUT2D eigenvalue weighted by Crippen LogP contribution is -2.42. The van der Waals surface area contributed by atoms with Gasteiger partial charge in [0.05, 0.1) is 22.7 Å². The molecule has 2 aromatic rings. The van der Waals surface area contributed by atoms with Gasteiger partial charge < -0.3 is 15.1 Å². The Labute approximate surface area is 236 Å². The molecule has 1 fully saturated rings. The van der Waals surface area contributed by atoms with Gasteiger partial charge in [0.25, 0.3) is 0 Å². The van der Waals surface area contributed by atoms with Crippen LogP contribution in [0.4, 0.5) is 27.6 Å². The van der Waals surface area contributed by atoms with E-state index in [0.717, 1.165) is 41.5 Å². The lowest BCUT2D eigenvalue weighted by Gasteiger charge is -2.41. The van der Waals surface area contributed by atoms with Crippen LogP contribution in [0.15, 0.2) is 29.3 Å². The molecular weight excluding hydrogens is 577 g/mol. The number of alkyl halides is 3. The maximum absolute atomic E-state index is 15.1. The van der Waals surface area contributed by atoms with Gasteiger partial charge in [-0.25, -0.2) is 22.0 Å². The monoisotopic (exact) mass is 613 g/mol. The van der Waals surface area contributed by atoms with Crippen molar-refractivity contribution in [2.24, 2.45) is 13.0 Å². The number of aryl methyl sites for hydroxylation is 1. The Morgan fingerprint density at radius 1 is 1.20 bits per heavy atom. The number of aromatic nitrogens is 2. The van der Waals surface area contributed by atoms with Crippen LogP contribution in [0, 0.1) is 17.6 Å². The van der Waals surface area contributed by atoms with Crippen LogP contribution in [0.5, 0.6) is 0 Å². The number of sulfonamides is 1. The molecular formula is C25H36F5N5O5S. The average molecular weight is 614 g/mol. The number of carboxylic acids is 1. The zero-order chi connectivity index (χ0) is 31.3. The molecule has 0 aliphatic carbocycles. The van der Waals surface area contributed by atoms with E-state index < -0.39 is 44.8 Å². The van der Waals surface area contributed by atoms with E-state index in [1.807, 2.05) is 24.8 Å². The molecule has 2 heterocycles. The fourth-order valence-corrected chi connectivity index (χ4v) is 6.03. The van der Waals surface area contributed by atoms with Gasteiger partial charge in [-0.3, -0.25) is 9.58 Å². The zero-order valence-electron chi connectivity index (χ0n) is 23.4. The summed E-state index contributed by atoms with van der Waals surface area (Å²) in [7, 11) is 2.67. The van der Waals surface area contributed by atoms with Crippen molar-refractivity contribution in [3.05, 3.63) is 41.7 Å². The number of aliphatic hydroxyl groups is 1. The first-order valence-corrected chi connectivity index (χ1v) is 14.2. The van der Waals surface area contributed by atoms with E-state index in [-0.39, 0.29) is 24.2 Å². The molecule has 0 radical (unpaired) electrons. The number of carbonyl (C=O) groups is 1. The van der Waals surface area contributed by atoms with Crippen molar-refractivity contribution in [3.63, 3.8) is 0 Å². The van der Waals surface area contributed by atoms with Gasteiger partial charge in [-0.2, -0.15) is 22.6 Å². The van der Waals surface area contributed by atoms with Crippen LogP contribution < -0.4 is 4.90 Å². The van der Waals surface area contributed by atoms with Crippen molar-refractivity contribution >= 4 is 21.7 Å². The number of piperidine rings is 1. The van der Waals surface area contributed by atoms with Gasteiger partial charge in [0.2, 0.25) is 10.0 Å². The summed E-state index contributed by atoms with van der Waals surface area (Å²) < 4.78 is 90.3. The average Bonchev–Trinajstić information content (AvgIpc) is 3.28. The molecule has 1 aliphatic rings. The molecule has 16 heteroatoms. The van der Waals surface area contributed by atoms with E-state index >= 15 is 8.78 Å². The number of anilines is 1. The first-order valence-electron chi connectivity index (χ1n) is 12.7. The summed E-state index contributed by atoms with van der Waals surface area (Å²) in [5.74, 6) is -4.53. The molecule has 232 valence electrons. The summed E-state index contributed by atoms with van der Waals surface area (Å²) in [4.78, 5) is 12.2. The van der Waals surface area contributed by atoms with Gasteiger partial charge in [0, 0.05) is 40.4 Å². The number of halogens is 5. The van der Waals surface area contributed by atoms with Crippen molar-refractivity contribution in [2.45, 2.75) is 49.4 Å². The first kappa shape index (κ1) is 34.4. The molecule has 10 nitrogen and oxygen atoms in total. The predicted octanol–water partition coefficient (Wildman–Crippen LogP) is 3.24.